The Morgan fingerprint density at radius 1 is 1.22 bits per heavy atom. The second kappa shape index (κ2) is 5.48. The lowest BCUT2D eigenvalue weighted by Gasteiger charge is -2.44. The normalized spacial score (nSPS) is 42.3. The van der Waals surface area contributed by atoms with Gasteiger partial charge >= 0.3 is 0 Å². The van der Waals surface area contributed by atoms with Crippen LogP contribution in [0.4, 0.5) is 0 Å². The minimum absolute atomic E-state index is 0.729. The third-order valence-corrected chi connectivity index (χ3v) is 5.40. The average Bonchev–Trinajstić information content (AvgIpc) is 2.97. The van der Waals surface area contributed by atoms with Crippen LogP contribution in [0.3, 0.4) is 0 Å². The van der Waals surface area contributed by atoms with Crippen LogP contribution in [0.2, 0.25) is 0 Å². The van der Waals surface area contributed by atoms with Crippen molar-refractivity contribution in [2.45, 2.75) is 70.1 Å². The van der Waals surface area contributed by atoms with E-state index < -0.39 is 0 Å². The van der Waals surface area contributed by atoms with E-state index in [0.717, 1.165) is 49.8 Å². The number of ether oxygens (including phenoxy) is 1. The molecule has 3 saturated heterocycles. The first-order valence-corrected chi connectivity index (χ1v) is 7.88. The molecule has 4 atom stereocenters. The van der Waals surface area contributed by atoms with Crippen LogP contribution in [0.1, 0.15) is 46.0 Å². The van der Waals surface area contributed by atoms with Crippen molar-refractivity contribution in [3.8, 4) is 0 Å². The molecule has 18 heavy (non-hydrogen) atoms. The Hall–Kier alpha value is -0.120. The zero-order valence-electron chi connectivity index (χ0n) is 11.9. The molecule has 0 aromatic carbocycles. The first kappa shape index (κ1) is 12.9. The van der Waals surface area contributed by atoms with Crippen molar-refractivity contribution >= 4 is 0 Å². The summed E-state index contributed by atoms with van der Waals surface area (Å²) in [4.78, 5) is 2.85. The summed E-state index contributed by atoms with van der Waals surface area (Å²) in [6.07, 6.45) is 6.84. The van der Waals surface area contributed by atoms with E-state index >= 15 is 0 Å². The molecule has 0 aromatic heterocycles. The largest absolute Gasteiger partial charge is 0.381 e. The van der Waals surface area contributed by atoms with Gasteiger partial charge in [-0.2, -0.15) is 0 Å². The lowest BCUT2D eigenvalue weighted by molar-refractivity contribution is 0.0453. The maximum Gasteiger partial charge on any atom is 0.0509 e. The van der Waals surface area contributed by atoms with Gasteiger partial charge in [0.05, 0.1) is 6.61 Å². The smallest absolute Gasteiger partial charge is 0.0509 e. The van der Waals surface area contributed by atoms with Gasteiger partial charge in [-0.25, -0.2) is 0 Å². The van der Waals surface area contributed by atoms with E-state index in [4.69, 9.17) is 4.74 Å². The molecule has 3 heterocycles. The number of hydrogen-bond acceptors (Lipinski definition) is 3. The highest BCUT2D eigenvalue weighted by molar-refractivity contribution is 5.00. The van der Waals surface area contributed by atoms with Gasteiger partial charge in [0.15, 0.2) is 0 Å². The highest BCUT2D eigenvalue weighted by Gasteiger charge is 2.44. The summed E-state index contributed by atoms with van der Waals surface area (Å²) in [7, 11) is 0. The second-order valence-corrected chi connectivity index (χ2v) is 6.42. The van der Waals surface area contributed by atoms with Crippen LogP contribution in [-0.2, 0) is 4.74 Å². The van der Waals surface area contributed by atoms with Crippen LogP contribution < -0.4 is 5.32 Å². The molecule has 2 bridgehead atoms. The quantitative estimate of drug-likeness (QED) is 0.828. The van der Waals surface area contributed by atoms with Crippen LogP contribution in [0, 0.1) is 5.92 Å². The Kier molecular flexibility index (Phi) is 3.92. The third kappa shape index (κ3) is 2.33. The summed E-state index contributed by atoms with van der Waals surface area (Å²) >= 11 is 0. The Morgan fingerprint density at radius 3 is 2.50 bits per heavy atom. The molecular weight excluding hydrogens is 224 g/mol. The minimum Gasteiger partial charge on any atom is -0.381 e. The van der Waals surface area contributed by atoms with Gasteiger partial charge in [0.1, 0.15) is 0 Å². The third-order valence-electron chi connectivity index (χ3n) is 5.40. The molecule has 3 nitrogen and oxygen atoms in total. The molecular formula is C15H28N2O. The first-order valence-electron chi connectivity index (χ1n) is 7.88. The fourth-order valence-electron chi connectivity index (χ4n) is 4.51. The van der Waals surface area contributed by atoms with Gasteiger partial charge in [0.25, 0.3) is 0 Å². The minimum atomic E-state index is 0.729. The highest BCUT2D eigenvalue weighted by Crippen LogP contribution is 2.39. The Labute approximate surface area is 111 Å². The van der Waals surface area contributed by atoms with Crippen molar-refractivity contribution in [1.29, 1.82) is 0 Å². The molecule has 0 amide bonds. The van der Waals surface area contributed by atoms with Gasteiger partial charge in [-0.05, 0) is 51.5 Å². The molecule has 4 unspecified atom stereocenters. The van der Waals surface area contributed by atoms with Gasteiger partial charge in [-0.3, -0.25) is 4.90 Å². The maximum absolute atomic E-state index is 5.58. The van der Waals surface area contributed by atoms with E-state index in [1.165, 1.54) is 32.1 Å². The molecule has 3 aliphatic heterocycles. The fraction of sp³-hybridized carbons (Fsp3) is 1.00. The number of hydrogen-bond donors (Lipinski definition) is 1. The van der Waals surface area contributed by atoms with Crippen molar-refractivity contribution in [2.24, 2.45) is 5.92 Å². The van der Waals surface area contributed by atoms with Crippen molar-refractivity contribution < 1.29 is 4.74 Å². The molecule has 0 aliphatic carbocycles. The van der Waals surface area contributed by atoms with Crippen LogP contribution in [0.5, 0.6) is 0 Å². The summed E-state index contributed by atoms with van der Waals surface area (Å²) in [6, 6.07) is 3.18. The molecule has 0 saturated carbocycles. The Bertz CT molecular complexity index is 264. The summed E-state index contributed by atoms with van der Waals surface area (Å²) in [6.45, 7) is 7.77. The van der Waals surface area contributed by atoms with Crippen molar-refractivity contribution in [2.75, 3.05) is 19.8 Å². The molecule has 1 N–H and O–H groups in total. The number of rotatable bonds is 4. The molecule has 0 aromatic rings. The number of nitrogens with zero attached hydrogens (tertiary/aromatic N) is 1. The van der Waals surface area contributed by atoms with E-state index in [1.807, 2.05) is 0 Å². The number of nitrogens with one attached hydrogen (secondary N) is 1. The Morgan fingerprint density at radius 2 is 1.94 bits per heavy atom. The molecule has 0 radical (unpaired) electrons. The predicted molar refractivity (Wildman–Crippen MR) is 73.7 cm³/mol. The van der Waals surface area contributed by atoms with Crippen molar-refractivity contribution in [3.05, 3.63) is 0 Å². The monoisotopic (exact) mass is 252 g/mol. The van der Waals surface area contributed by atoms with Crippen molar-refractivity contribution in [3.63, 3.8) is 0 Å². The van der Waals surface area contributed by atoms with Gasteiger partial charge in [-0.1, -0.05) is 6.92 Å². The first-order chi connectivity index (χ1) is 8.79. The summed E-state index contributed by atoms with van der Waals surface area (Å²) in [5, 5.41) is 3.66. The van der Waals surface area contributed by atoms with Crippen LogP contribution in [0.15, 0.2) is 0 Å². The molecule has 3 fully saturated rings. The van der Waals surface area contributed by atoms with E-state index in [9.17, 15) is 0 Å². The fourth-order valence-corrected chi connectivity index (χ4v) is 4.51. The van der Waals surface area contributed by atoms with Crippen LogP contribution in [0.25, 0.3) is 0 Å². The van der Waals surface area contributed by atoms with Gasteiger partial charge < -0.3 is 10.1 Å². The standard InChI is InChI=1S/C15H28N2O/c1-3-16-13-8-14-4-5-15(9-13)17(14)11(2)12-6-7-18-10-12/h11-16H,3-10H2,1-2H3. The van der Waals surface area contributed by atoms with Gasteiger partial charge in [-0.15, -0.1) is 0 Å². The molecule has 3 aliphatic rings. The van der Waals surface area contributed by atoms with Gasteiger partial charge in [0, 0.05) is 30.8 Å². The summed E-state index contributed by atoms with van der Waals surface area (Å²) in [5.74, 6) is 0.781. The van der Waals surface area contributed by atoms with Gasteiger partial charge in [0.2, 0.25) is 0 Å². The highest BCUT2D eigenvalue weighted by atomic mass is 16.5. The Balaban J connectivity index is 1.64. The number of fused-ring (bicyclic) bond motifs is 2. The van der Waals surface area contributed by atoms with E-state index in [1.54, 1.807) is 0 Å². The van der Waals surface area contributed by atoms with Crippen LogP contribution >= 0.6 is 0 Å². The molecule has 0 spiro atoms. The average molecular weight is 252 g/mol. The van der Waals surface area contributed by atoms with E-state index in [-0.39, 0.29) is 0 Å². The zero-order chi connectivity index (χ0) is 12.5. The van der Waals surface area contributed by atoms with E-state index in [0.29, 0.717) is 0 Å². The summed E-state index contributed by atoms with van der Waals surface area (Å²) < 4.78 is 5.58. The van der Waals surface area contributed by atoms with Crippen LogP contribution in [-0.4, -0.2) is 48.8 Å². The molecule has 3 rings (SSSR count). The maximum atomic E-state index is 5.58. The predicted octanol–water partition coefficient (Wildman–Crippen LogP) is 2.02. The zero-order valence-corrected chi connectivity index (χ0v) is 11.9. The van der Waals surface area contributed by atoms with Crippen molar-refractivity contribution in [1.82, 2.24) is 10.2 Å². The number of piperidine rings is 1. The molecule has 104 valence electrons. The lowest BCUT2D eigenvalue weighted by atomic mass is 9.91. The summed E-state index contributed by atoms with van der Waals surface area (Å²) in [5.41, 5.74) is 0. The lowest BCUT2D eigenvalue weighted by Crippen LogP contribution is -2.54. The van der Waals surface area contributed by atoms with E-state index in [2.05, 4.69) is 24.1 Å². The second-order valence-electron chi connectivity index (χ2n) is 6.42. The topological polar surface area (TPSA) is 24.5 Å². The SMILES string of the molecule is CCNC1CC2CCC(C1)N2C(C)C1CCOC1. The molecule has 3 heteroatoms.